The van der Waals surface area contributed by atoms with E-state index in [-0.39, 0.29) is 12.0 Å². The first kappa shape index (κ1) is 12.4. The van der Waals surface area contributed by atoms with Crippen molar-refractivity contribution in [2.45, 2.75) is 13.0 Å². The molecule has 1 aliphatic heterocycles. The standard InChI is InChI=1S/C14H14N4O2/c1-2-20-13(19)11-8-15-14-16-9-17-18(14)12(11)10-6-4-3-5-7-10/h3-9,12H,2H2,1H3,(H,15,16,17)/t12-/m1/s1. The average Bonchev–Trinajstić information content (AvgIpc) is 2.95. The third kappa shape index (κ3) is 2.05. The number of anilines is 1. The smallest absolute Gasteiger partial charge is 0.338 e. The highest BCUT2D eigenvalue weighted by atomic mass is 16.5. The Kier molecular flexibility index (Phi) is 3.20. The van der Waals surface area contributed by atoms with E-state index in [1.54, 1.807) is 17.8 Å². The molecule has 102 valence electrons. The van der Waals surface area contributed by atoms with Gasteiger partial charge in [-0.3, -0.25) is 0 Å². The highest BCUT2D eigenvalue weighted by Crippen LogP contribution is 2.31. The third-order valence-corrected chi connectivity index (χ3v) is 3.10. The molecule has 1 aromatic carbocycles. The lowest BCUT2D eigenvalue weighted by molar-refractivity contribution is -0.139. The van der Waals surface area contributed by atoms with Crippen LogP contribution in [0.2, 0.25) is 0 Å². The normalized spacial score (nSPS) is 16.9. The number of carbonyl (C=O) groups is 1. The largest absolute Gasteiger partial charge is 0.463 e. The molecule has 1 aliphatic rings. The fraction of sp³-hybridized carbons (Fsp3) is 0.214. The molecular weight excluding hydrogens is 256 g/mol. The highest BCUT2D eigenvalue weighted by molar-refractivity contribution is 5.91. The van der Waals surface area contributed by atoms with Gasteiger partial charge in [0.05, 0.1) is 12.2 Å². The van der Waals surface area contributed by atoms with Crippen LogP contribution in [0.5, 0.6) is 0 Å². The van der Waals surface area contributed by atoms with Crippen LogP contribution in [0.15, 0.2) is 48.4 Å². The predicted octanol–water partition coefficient (Wildman–Crippen LogP) is 1.74. The minimum atomic E-state index is -0.352. The van der Waals surface area contributed by atoms with Crippen LogP contribution >= 0.6 is 0 Å². The number of esters is 1. The number of aromatic nitrogens is 3. The van der Waals surface area contributed by atoms with E-state index in [0.29, 0.717) is 18.1 Å². The number of hydrogen-bond donors (Lipinski definition) is 1. The maximum Gasteiger partial charge on any atom is 0.338 e. The maximum atomic E-state index is 12.1. The van der Waals surface area contributed by atoms with Crippen LogP contribution in [0.1, 0.15) is 18.5 Å². The Morgan fingerprint density at radius 3 is 2.95 bits per heavy atom. The first-order valence-corrected chi connectivity index (χ1v) is 6.39. The molecule has 2 aromatic rings. The molecule has 0 fully saturated rings. The molecule has 0 bridgehead atoms. The molecule has 0 aliphatic carbocycles. The molecule has 2 heterocycles. The van der Waals surface area contributed by atoms with Gasteiger partial charge < -0.3 is 10.1 Å². The van der Waals surface area contributed by atoms with E-state index in [9.17, 15) is 4.79 Å². The fourth-order valence-electron chi connectivity index (χ4n) is 2.24. The SMILES string of the molecule is CCOC(=O)C1=CNc2ncnn2[C@@H]1c1ccccc1. The van der Waals surface area contributed by atoms with Gasteiger partial charge in [-0.15, -0.1) is 0 Å². The topological polar surface area (TPSA) is 69.0 Å². The van der Waals surface area contributed by atoms with Gasteiger partial charge >= 0.3 is 5.97 Å². The van der Waals surface area contributed by atoms with Gasteiger partial charge in [-0.1, -0.05) is 30.3 Å². The third-order valence-electron chi connectivity index (χ3n) is 3.10. The lowest BCUT2D eigenvalue weighted by atomic mass is 9.98. The Morgan fingerprint density at radius 1 is 1.40 bits per heavy atom. The van der Waals surface area contributed by atoms with Crippen LogP contribution < -0.4 is 5.32 Å². The monoisotopic (exact) mass is 270 g/mol. The summed E-state index contributed by atoms with van der Waals surface area (Å²) in [6.45, 7) is 2.12. The molecule has 1 aromatic heterocycles. The van der Waals surface area contributed by atoms with Crippen LogP contribution in [-0.2, 0) is 9.53 Å². The molecule has 0 amide bonds. The highest BCUT2D eigenvalue weighted by Gasteiger charge is 2.31. The van der Waals surface area contributed by atoms with E-state index < -0.39 is 0 Å². The zero-order chi connectivity index (χ0) is 13.9. The lowest BCUT2D eigenvalue weighted by Gasteiger charge is -2.25. The summed E-state index contributed by atoms with van der Waals surface area (Å²) in [5.41, 5.74) is 1.47. The summed E-state index contributed by atoms with van der Waals surface area (Å²) >= 11 is 0. The average molecular weight is 270 g/mol. The maximum absolute atomic E-state index is 12.1. The van der Waals surface area contributed by atoms with E-state index in [0.717, 1.165) is 5.56 Å². The molecule has 0 radical (unpaired) electrons. The van der Waals surface area contributed by atoms with Crippen molar-refractivity contribution in [2.24, 2.45) is 0 Å². The minimum Gasteiger partial charge on any atom is -0.463 e. The molecule has 0 saturated carbocycles. The van der Waals surface area contributed by atoms with E-state index in [4.69, 9.17) is 4.74 Å². The Bertz CT molecular complexity index is 648. The van der Waals surface area contributed by atoms with Crippen LogP contribution in [0.3, 0.4) is 0 Å². The number of carbonyl (C=O) groups excluding carboxylic acids is 1. The second-order valence-corrected chi connectivity index (χ2v) is 4.31. The van der Waals surface area contributed by atoms with Crippen molar-refractivity contribution in [2.75, 3.05) is 11.9 Å². The molecule has 1 N–H and O–H groups in total. The van der Waals surface area contributed by atoms with Crippen molar-refractivity contribution < 1.29 is 9.53 Å². The molecule has 3 rings (SSSR count). The fourth-order valence-corrected chi connectivity index (χ4v) is 2.24. The summed E-state index contributed by atoms with van der Waals surface area (Å²) in [6.07, 6.45) is 3.10. The first-order chi connectivity index (χ1) is 9.81. The van der Waals surface area contributed by atoms with Gasteiger partial charge in [0.2, 0.25) is 5.95 Å². The number of nitrogens with zero attached hydrogens (tertiary/aromatic N) is 3. The summed E-state index contributed by atoms with van der Waals surface area (Å²) in [5, 5.41) is 7.16. The molecular formula is C14H14N4O2. The Morgan fingerprint density at radius 2 is 2.20 bits per heavy atom. The van der Waals surface area contributed by atoms with Gasteiger partial charge in [0, 0.05) is 6.20 Å². The van der Waals surface area contributed by atoms with Crippen molar-refractivity contribution in [1.82, 2.24) is 14.8 Å². The van der Waals surface area contributed by atoms with Gasteiger partial charge in [0.25, 0.3) is 0 Å². The van der Waals surface area contributed by atoms with E-state index >= 15 is 0 Å². The van der Waals surface area contributed by atoms with E-state index in [1.807, 2.05) is 30.3 Å². The van der Waals surface area contributed by atoms with Crippen LogP contribution in [0, 0.1) is 0 Å². The van der Waals surface area contributed by atoms with E-state index in [1.165, 1.54) is 6.33 Å². The van der Waals surface area contributed by atoms with Gasteiger partial charge in [0.15, 0.2) is 0 Å². The molecule has 0 unspecified atom stereocenters. The summed E-state index contributed by atoms with van der Waals surface area (Å²) in [5.74, 6) is 0.252. The second-order valence-electron chi connectivity index (χ2n) is 4.31. The van der Waals surface area contributed by atoms with Gasteiger partial charge in [-0.2, -0.15) is 10.1 Å². The van der Waals surface area contributed by atoms with Gasteiger partial charge in [-0.05, 0) is 12.5 Å². The lowest BCUT2D eigenvalue weighted by Crippen LogP contribution is -2.27. The molecule has 6 nitrogen and oxygen atoms in total. The van der Waals surface area contributed by atoms with Gasteiger partial charge in [-0.25, -0.2) is 9.48 Å². The Hall–Kier alpha value is -2.63. The summed E-state index contributed by atoms with van der Waals surface area (Å²) in [6, 6.07) is 9.37. The van der Waals surface area contributed by atoms with Crippen LogP contribution in [0.4, 0.5) is 5.95 Å². The van der Waals surface area contributed by atoms with Crippen LogP contribution in [-0.4, -0.2) is 27.3 Å². The molecule has 6 heteroatoms. The van der Waals surface area contributed by atoms with E-state index in [2.05, 4.69) is 15.4 Å². The molecule has 0 spiro atoms. The quantitative estimate of drug-likeness (QED) is 0.860. The number of ether oxygens (including phenoxy) is 1. The summed E-state index contributed by atoms with van der Waals surface area (Å²) in [7, 11) is 0. The molecule has 0 saturated heterocycles. The minimum absolute atomic E-state index is 0.325. The zero-order valence-electron chi connectivity index (χ0n) is 11.0. The van der Waals surface area contributed by atoms with Gasteiger partial charge in [0.1, 0.15) is 12.4 Å². The Balaban J connectivity index is 2.06. The number of hydrogen-bond acceptors (Lipinski definition) is 5. The number of benzene rings is 1. The molecule has 20 heavy (non-hydrogen) atoms. The summed E-state index contributed by atoms with van der Waals surface area (Å²) < 4.78 is 6.80. The van der Waals surface area contributed by atoms with Crippen molar-refractivity contribution in [3.8, 4) is 0 Å². The number of rotatable bonds is 3. The first-order valence-electron chi connectivity index (χ1n) is 6.39. The van der Waals surface area contributed by atoms with Crippen molar-refractivity contribution in [1.29, 1.82) is 0 Å². The molecule has 1 atom stereocenters. The Labute approximate surface area is 116 Å². The van der Waals surface area contributed by atoms with Crippen molar-refractivity contribution in [3.63, 3.8) is 0 Å². The summed E-state index contributed by atoms with van der Waals surface area (Å²) in [4.78, 5) is 16.2. The number of nitrogens with one attached hydrogen (secondary N) is 1. The van der Waals surface area contributed by atoms with Crippen molar-refractivity contribution in [3.05, 3.63) is 54.0 Å². The number of fused-ring (bicyclic) bond motifs is 1. The second kappa shape index (κ2) is 5.16. The van der Waals surface area contributed by atoms with Crippen LogP contribution in [0.25, 0.3) is 0 Å². The predicted molar refractivity (Wildman–Crippen MR) is 72.9 cm³/mol. The zero-order valence-corrected chi connectivity index (χ0v) is 11.0. The van der Waals surface area contributed by atoms with Crippen molar-refractivity contribution >= 4 is 11.9 Å².